The molecule has 2 aliphatic rings. The Morgan fingerprint density at radius 3 is 2.38 bits per heavy atom. The second kappa shape index (κ2) is 7.75. The van der Waals surface area contributed by atoms with Gasteiger partial charge in [0.1, 0.15) is 0 Å². The second-order valence-corrected chi connectivity index (χ2v) is 6.02. The van der Waals surface area contributed by atoms with Crippen molar-refractivity contribution in [2.24, 2.45) is 0 Å². The van der Waals surface area contributed by atoms with Gasteiger partial charge in [-0.05, 0) is 32.2 Å². The molecular formula is C15H27N3O3. The highest BCUT2D eigenvalue weighted by molar-refractivity contribution is 5.79. The summed E-state index contributed by atoms with van der Waals surface area (Å²) in [6.07, 6.45) is 4.06. The average Bonchev–Trinajstić information content (AvgIpc) is 2.92. The summed E-state index contributed by atoms with van der Waals surface area (Å²) in [6.45, 7) is 5.86. The van der Waals surface area contributed by atoms with Crippen LogP contribution in [0.3, 0.4) is 0 Å². The van der Waals surface area contributed by atoms with Gasteiger partial charge in [0.05, 0.1) is 6.54 Å². The largest absolute Gasteiger partial charge is 0.396 e. The first kappa shape index (κ1) is 16.2. The van der Waals surface area contributed by atoms with E-state index in [1.54, 1.807) is 11.8 Å². The molecule has 2 heterocycles. The maximum Gasteiger partial charge on any atom is 0.236 e. The van der Waals surface area contributed by atoms with Crippen molar-refractivity contribution in [3.05, 3.63) is 0 Å². The van der Waals surface area contributed by atoms with Gasteiger partial charge in [-0.25, -0.2) is 0 Å². The third-order valence-electron chi connectivity index (χ3n) is 4.61. The van der Waals surface area contributed by atoms with E-state index in [2.05, 4.69) is 4.90 Å². The fourth-order valence-electron chi connectivity index (χ4n) is 3.30. The number of rotatable bonds is 5. The molecule has 2 aliphatic heterocycles. The van der Waals surface area contributed by atoms with Crippen LogP contribution in [-0.4, -0.2) is 83.5 Å². The Balaban J connectivity index is 1.77. The van der Waals surface area contributed by atoms with Crippen molar-refractivity contribution < 1.29 is 14.7 Å². The molecule has 1 atom stereocenters. The van der Waals surface area contributed by atoms with Crippen molar-refractivity contribution >= 4 is 11.8 Å². The number of likely N-dealkylation sites (tertiary alicyclic amines) is 1. The number of aliphatic hydroxyl groups is 1. The number of amides is 2. The molecule has 0 aromatic heterocycles. The van der Waals surface area contributed by atoms with Gasteiger partial charge in [0.15, 0.2) is 0 Å². The highest BCUT2D eigenvalue weighted by atomic mass is 16.3. The molecular weight excluding hydrogens is 270 g/mol. The van der Waals surface area contributed by atoms with Crippen LogP contribution in [0.4, 0.5) is 0 Å². The van der Waals surface area contributed by atoms with Gasteiger partial charge in [-0.2, -0.15) is 0 Å². The first-order valence-electron chi connectivity index (χ1n) is 8.00. The number of carbonyl (C=O) groups is 2. The van der Waals surface area contributed by atoms with Gasteiger partial charge in [-0.3, -0.25) is 14.5 Å². The number of hydrogen-bond acceptors (Lipinski definition) is 4. The summed E-state index contributed by atoms with van der Waals surface area (Å²) < 4.78 is 0. The summed E-state index contributed by atoms with van der Waals surface area (Å²) in [5, 5.41) is 8.94. The molecule has 21 heavy (non-hydrogen) atoms. The first-order valence-corrected chi connectivity index (χ1v) is 8.00. The molecule has 0 radical (unpaired) electrons. The standard InChI is InChI=1S/C15H27N3O3/c1-13(20)16-7-9-17(10-8-16)15(21)12-18-6-2-4-14(18)5-3-11-19/h14,19H,2-12H2,1H3. The van der Waals surface area contributed by atoms with Gasteiger partial charge in [-0.15, -0.1) is 0 Å². The zero-order valence-electron chi connectivity index (χ0n) is 13.0. The Bertz CT molecular complexity index is 367. The third kappa shape index (κ3) is 4.41. The monoisotopic (exact) mass is 297 g/mol. The minimum absolute atomic E-state index is 0.0886. The van der Waals surface area contributed by atoms with Crippen LogP contribution in [0.2, 0.25) is 0 Å². The zero-order valence-corrected chi connectivity index (χ0v) is 13.0. The van der Waals surface area contributed by atoms with Crippen molar-refractivity contribution in [3.8, 4) is 0 Å². The van der Waals surface area contributed by atoms with Crippen molar-refractivity contribution in [1.29, 1.82) is 0 Å². The van der Waals surface area contributed by atoms with Gasteiger partial charge < -0.3 is 14.9 Å². The summed E-state index contributed by atoms with van der Waals surface area (Å²) in [7, 11) is 0. The third-order valence-corrected chi connectivity index (χ3v) is 4.61. The van der Waals surface area contributed by atoms with Crippen molar-refractivity contribution in [2.45, 2.75) is 38.6 Å². The van der Waals surface area contributed by atoms with E-state index < -0.39 is 0 Å². The van der Waals surface area contributed by atoms with Crippen molar-refractivity contribution in [3.63, 3.8) is 0 Å². The van der Waals surface area contributed by atoms with Crippen molar-refractivity contribution in [2.75, 3.05) is 45.9 Å². The predicted octanol–water partition coefficient (Wildman–Crippen LogP) is -0.0860. The highest BCUT2D eigenvalue weighted by Gasteiger charge is 2.29. The van der Waals surface area contributed by atoms with Gasteiger partial charge in [0.25, 0.3) is 0 Å². The normalized spacial score (nSPS) is 23.6. The first-order chi connectivity index (χ1) is 10.1. The van der Waals surface area contributed by atoms with Gasteiger partial charge in [-0.1, -0.05) is 0 Å². The van der Waals surface area contributed by atoms with Gasteiger partial charge in [0, 0.05) is 45.8 Å². The fourth-order valence-corrected chi connectivity index (χ4v) is 3.30. The lowest BCUT2D eigenvalue weighted by Gasteiger charge is -2.35. The van der Waals surface area contributed by atoms with E-state index in [4.69, 9.17) is 5.11 Å². The zero-order chi connectivity index (χ0) is 15.2. The molecule has 0 aromatic rings. The topological polar surface area (TPSA) is 64.1 Å². The van der Waals surface area contributed by atoms with Crippen molar-refractivity contribution in [1.82, 2.24) is 14.7 Å². The molecule has 0 spiro atoms. The maximum absolute atomic E-state index is 12.4. The Morgan fingerprint density at radius 2 is 1.76 bits per heavy atom. The Morgan fingerprint density at radius 1 is 1.10 bits per heavy atom. The van der Waals surface area contributed by atoms with Crippen LogP contribution in [0.5, 0.6) is 0 Å². The number of piperazine rings is 1. The summed E-state index contributed by atoms with van der Waals surface area (Å²) in [6, 6.07) is 0.444. The number of nitrogens with zero attached hydrogens (tertiary/aromatic N) is 3. The summed E-state index contributed by atoms with van der Waals surface area (Å²) >= 11 is 0. The maximum atomic E-state index is 12.4. The summed E-state index contributed by atoms with van der Waals surface area (Å²) in [4.78, 5) is 29.6. The highest BCUT2D eigenvalue weighted by Crippen LogP contribution is 2.21. The molecule has 0 aliphatic carbocycles. The Labute approximate surface area is 126 Å². The molecule has 0 saturated carbocycles. The van der Waals surface area contributed by atoms with E-state index in [-0.39, 0.29) is 18.4 Å². The number of carbonyl (C=O) groups excluding carboxylic acids is 2. The van der Waals surface area contributed by atoms with Crippen LogP contribution in [0.25, 0.3) is 0 Å². The van der Waals surface area contributed by atoms with Crippen LogP contribution >= 0.6 is 0 Å². The Hall–Kier alpha value is -1.14. The molecule has 6 heteroatoms. The molecule has 2 rings (SSSR count). The molecule has 1 unspecified atom stereocenters. The molecule has 1 N–H and O–H groups in total. The summed E-state index contributed by atoms with van der Waals surface area (Å²) in [5.74, 6) is 0.264. The summed E-state index contributed by atoms with van der Waals surface area (Å²) in [5.41, 5.74) is 0. The quantitative estimate of drug-likeness (QED) is 0.770. The van der Waals surface area contributed by atoms with Crippen LogP contribution in [0.15, 0.2) is 0 Å². The smallest absolute Gasteiger partial charge is 0.236 e. The van der Waals surface area contributed by atoms with E-state index >= 15 is 0 Å². The minimum atomic E-state index is 0.0886. The molecule has 2 saturated heterocycles. The van der Waals surface area contributed by atoms with E-state index in [0.717, 1.165) is 32.2 Å². The van der Waals surface area contributed by atoms with E-state index in [9.17, 15) is 9.59 Å². The van der Waals surface area contributed by atoms with Crippen LogP contribution in [0.1, 0.15) is 32.6 Å². The minimum Gasteiger partial charge on any atom is -0.396 e. The molecule has 0 aromatic carbocycles. The predicted molar refractivity (Wildman–Crippen MR) is 79.7 cm³/mol. The SMILES string of the molecule is CC(=O)N1CCN(C(=O)CN2CCCC2CCCO)CC1. The number of hydrogen-bond donors (Lipinski definition) is 1. The van der Waals surface area contributed by atoms with Gasteiger partial charge >= 0.3 is 0 Å². The number of aliphatic hydroxyl groups excluding tert-OH is 1. The lowest BCUT2D eigenvalue weighted by Crippen LogP contribution is -2.52. The molecule has 6 nitrogen and oxygen atoms in total. The Kier molecular flexibility index (Phi) is 5.99. The van der Waals surface area contributed by atoms with Crippen LogP contribution in [-0.2, 0) is 9.59 Å². The molecule has 0 bridgehead atoms. The van der Waals surface area contributed by atoms with E-state index in [0.29, 0.717) is 38.8 Å². The lowest BCUT2D eigenvalue weighted by atomic mass is 10.1. The molecule has 120 valence electrons. The van der Waals surface area contributed by atoms with Crippen LogP contribution < -0.4 is 0 Å². The van der Waals surface area contributed by atoms with Gasteiger partial charge in [0.2, 0.25) is 11.8 Å². The molecule has 2 fully saturated rings. The average molecular weight is 297 g/mol. The molecule has 2 amide bonds. The fraction of sp³-hybridized carbons (Fsp3) is 0.867. The second-order valence-electron chi connectivity index (χ2n) is 6.02. The van der Waals surface area contributed by atoms with Crippen LogP contribution in [0, 0.1) is 0 Å². The lowest BCUT2D eigenvalue weighted by molar-refractivity contribution is -0.139. The van der Waals surface area contributed by atoms with E-state index in [1.807, 2.05) is 4.90 Å². The van der Waals surface area contributed by atoms with E-state index in [1.165, 1.54) is 0 Å².